The second kappa shape index (κ2) is 10.7. The highest BCUT2D eigenvalue weighted by Crippen LogP contribution is 2.42. The van der Waals surface area contributed by atoms with Gasteiger partial charge in [0.25, 0.3) is 0 Å². The molecule has 0 N–H and O–H groups in total. The van der Waals surface area contributed by atoms with Crippen molar-refractivity contribution in [3.8, 4) is 45.3 Å². The maximum absolute atomic E-state index is 6.31. The van der Waals surface area contributed by atoms with Crippen LogP contribution in [0, 0.1) is 0 Å². The number of halogens is 1. The second-order valence-electron chi connectivity index (χ2n) is 11.4. The average Bonchev–Trinajstić information content (AvgIpc) is 3.49. The van der Waals surface area contributed by atoms with E-state index in [-0.39, 0.29) is 0 Å². The van der Waals surface area contributed by atoms with Gasteiger partial charge in [0.2, 0.25) is 0 Å². The molecule has 7 aromatic carbocycles. The number of hydrogen-bond donors (Lipinski definition) is 0. The number of benzene rings is 7. The number of nitrogens with zero attached hydrogens (tertiary/aromatic N) is 3. The lowest BCUT2D eigenvalue weighted by molar-refractivity contribution is 0.669. The van der Waals surface area contributed by atoms with Gasteiger partial charge in [-0.3, -0.25) is 0 Å². The van der Waals surface area contributed by atoms with Crippen molar-refractivity contribution in [2.45, 2.75) is 0 Å². The molecule has 0 saturated carbocycles. The number of furan rings is 1. The Morgan fingerprint density at radius 2 is 1.11 bits per heavy atom. The summed E-state index contributed by atoms with van der Waals surface area (Å²) in [7, 11) is 0. The summed E-state index contributed by atoms with van der Waals surface area (Å²) in [6, 6.07) is 49.5. The maximum Gasteiger partial charge on any atom is 0.164 e. The summed E-state index contributed by atoms with van der Waals surface area (Å²) < 4.78 is 6.23. The molecule has 46 heavy (non-hydrogen) atoms. The van der Waals surface area contributed by atoms with E-state index in [9.17, 15) is 0 Å². The molecule has 0 bridgehead atoms. The van der Waals surface area contributed by atoms with E-state index in [0.717, 1.165) is 65.9 Å². The fourth-order valence-electron chi connectivity index (χ4n) is 6.42. The van der Waals surface area contributed by atoms with E-state index < -0.39 is 0 Å². The Hall–Kier alpha value is -5.84. The van der Waals surface area contributed by atoms with E-state index in [1.807, 2.05) is 60.7 Å². The van der Waals surface area contributed by atoms with Crippen LogP contribution >= 0.6 is 11.6 Å². The van der Waals surface area contributed by atoms with Gasteiger partial charge in [-0.1, -0.05) is 121 Å². The van der Waals surface area contributed by atoms with Gasteiger partial charge in [0, 0.05) is 38.6 Å². The zero-order valence-electron chi connectivity index (χ0n) is 24.5. The fourth-order valence-corrected chi connectivity index (χ4v) is 6.59. The maximum atomic E-state index is 6.31. The molecule has 0 spiro atoms. The molecule has 4 nitrogen and oxygen atoms in total. The number of rotatable bonds is 4. The minimum absolute atomic E-state index is 0.626. The minimum atomic E-state index is 0.626. The van der Waals surface area contributed by atoms with Gasteiger partial charge in [-0.15, -0.1) is 0 Å². The summed E-state index contributed by atoms with van der Waals surface area (Å²) in [6.45, 7) is 0. The van der Waals surface area contributed by atoms with Gasteiger partial charge in [-0.25, -0.2) is 15.0 Å². The topological polar surface area (TPSA) is 51.8 Å². The zero-order chi connectivity index (χ0) is 30.6. The third-order valence-corrected chi connectivity index (χ3v) is 8.82. The summed E-state index contributed by atoms with van der Waals surface area (Å²) in [6.07, 6.45) is 0. The molecule has 0 fully saturated rings. The zero-order valence-corrected chi connectivity index (χ0v) is 25.2. The summed E-state index contributed by atoms with van der Waals surface area (Å²) in [5, 5.41) is 7.23. The van der Waals surface area contributed by atoms with Gasteiger partial charge in [0.15, 0.2) is 17.5 Å². The molecule has 0 aliphatic rings. The first-order chi connectivity index (χ1) is 22.7. The smallest absolute Gasteiger partial charge is 0.164 e. The Balaban J connectivity index is 1.27. The van der Waals surface area contributed by atoms with Crippen molar-refractivity contribution in [2.24, 2.45) is 0 Å². The molecule has 0 aliphatic carbocycles. The van der Waals surface area contributed by atoms with Gasteiger partial charge < -0.3 is 4.42 Å². The third kappa shape index (κ3) is 4.42. The van der Waals surface area contributed by atoms with Gasteiger partial charge in [-0.05, 0) is 63.0 Å². The molecule has 2 heterocycles. The molecule has 9 rings (SSSR count). The van der Waals surface area contributed by atoms with Gasteiger partial charge in [0.05, 0.1) is 0 Å². The van der Waals surface area contributed by atoms with Crippen molar-refractivity contribution in [1.82, 2.24) is 15.0 Å². The van der Waals surface area contributed by atoms with Crippen LogP contribution in [0.5, 0.6) is 0 Å². The summed E-state index contributed by atoms with van der Waals surface area (Å²) in [5.74, 6) is 1.90. The number of hydrogen-bond acceptors (Lipinski definition) is 4. The first-order valence-corrected chi connectivity index (χ1v) is 15.5. The normalized spacial score (nSPS) is 11.6. The van der Waals surface area contributed by atoms with Crippen molar-refractivity contribution in [3.63, 3.8) is 0 Å². The minimum Gasteiger partial charge on any atom is -0.456 e. The van der Waals surface area contributed by atoms with Crippen molar-refractivity contribution >= 4 is 55.1 Å². The third-order valence-electron chi connectivity index (χ3n) is 8.59. The Morgan fingerprint density at radius 3 is 1.96 bits per heavy atom. The molecule has 0 amide bonds. The molecule has 0 atom stereocenters. The van der Waals surface area contributed by atoms with Crippen LogP contribution in [0.25, 0.3) is 88.8 Å². The molecule has 9 aromatic rings. The van der Waals surface area contributed by atoms with Gasteiger partial charge in [0.1, 0.15) is 11.2 Å². The Morgan fingerprint density at radius 1 is 0.413 bits per heavy atom. The van der Waals surface area contributed by atoms with E-state index in [0.29, 0.717) is 22.5 Å². The average molecular weight is 610 g/mol. The van der Waals surface area contributed by atoms with Crippen LogP contribution in [0.2, 0.25) is 5.02 Å². The van der Waals surface area contributed by atoms with E-state index in [2.05, 4.69) is 84.9 Å². The largest absolute Gasteiger partial charge is 0.456 e. The van der Waals surface area contributed by atoms with E-state index in [1.165, 1.54) is 5.39 Å². The van der Waals surface area contributed by atoms with E-state index >= 15 is 0 Å². The van der Waals surface area contributed by atoms with Crippen LogP contribution in [0.15, 0.2) is 150 Å². The molecule has 0 radical (unpaired) electrons. The Kier molecular flexibility index (Phi) is 6.15. The van der Waals surface area contributed by atoms with Crippen molar-refractivity contribution in [3.05, 3.63) is 151 Å². The highest BCUT2D eigenvalue weighted by Gasteiger charge is 2.18. The number of aromatic nitrogens is 3. The lowest BCUT2D eigenvalue weighted by Crippen LogP contribution is -2.00. The van der Waals surface area contributed by atoms with E-state index in [1.54, 1.807) is 0 Å². The number of fused-ring (bicyclic) bond motifs is 5. The lowest BCUT2D eigenvalue weighted by atomic mass is 9.92. The lowest BCUT2D eigenvalue weighted by Gasteiger charge is -2.14. The van der Waals surface area contributed by atoms with Crippen LogP contribution in [0.4, 0.5) is 0 Å². The molecule has 216 valence electrons. The van der Waals surface area contributed by atoms with Gasteiger partial charge >= 0.3 is 0 Å². The van der Waals surface area contributed by atoms with Gasteiger partial charge in [-0.2, -0.15) is 0 Å². The standard InChI is InChI=1S/C41H24ClN3O/c42-29-19-20-35-37(24-29)46-36-16-8-15-33(38(35)36)32-21-22-34(31-14-7-6-13-30(31)32)41-44-39(26-10-2-1-3-11-26)43-40(45-41)28-18-17-25-9-4-5-12-27(25)23-28/h1-24H. The summed E-state index contributed by atoms with van der Waals surface area (Å²) >= 11 is 6.31. The first-order valence-electron chi connectivity index (χ1n) is 15.1. The molecular formula is C41H24ClN3O. The Bertz CT molecular complexity index is 2610. The quantitative estimate of drug-likeness (QED) is 0.199. The van der Waals surface area contributed by atoms with Crippen LogP contribution in [0.3, 0.4) is 0 Å². The first kappa shape index (κ1) is 26.6. The Labute approximate surface area is 269 Å². The summed E-state index contributed by atoms with van der Waals surface area (Å²) in [5.41, 5.74) is 6.63. The monoisotopic (exact) mass is 609 g/mol. The predicted molar refractivity (Wildman–Crippen MR) is 189 cm³/mol. The van der Waals surface area contributed by atoms with Crippen molar-refractivity contribution in [2.75, 3.05) is 0 Å². The van der Waals surface area contributed by atoms with Crippen LogP contribution in [0.1, 0.15) is 0 Å². The van der Waals surface area contributed by atoms with E-state index in [4.69, 9.17) is 31.0 Å². The predicted octanol–water partition coefficient (Wildman–Crippen LogP) is 11.4. The fraction of sp³-hybridized carbons (Fsp3) is 0. The molecule has 0 unspecified atom stereocenters. The second-order valence-corrected chi connectivity index (χ2v) is 11.8. The molecular weight excluding hydrogens is 586 g/mol. The molecule has 0 aliphatic heterocycles. The highest BCUT2D eigenvalue weighted by atomic mass is 35.5. The van der Waals surface area contributed by atoms with Crippen molar-refractivity contribution < 1.29 is 4.42 Å². The van der Waals surface area contributed by atoms with Crippen molar-refractivity contribution in [1.29, 1.82) is 0 Å². The van der Waals surface area contributed by atoms with Crippen LogP contribution < -0.4 is 0 Å². The molecule has 0 saturated heterocycles. The molecule has 5 heteroatoms. The highest BCUT2D eigenvalue weighted by molar-refractivity contribution is 6.31. The molecule has 2 aromatic heterocycles. The van der Waals surface area contributed by atoms with Crippen LogP contribution in [-0.2, 0) is 0 Å². The SMILES string of the molecule is Clc1ccc2c(c1)oc1cccc(-c3ccc(-c4nc(-c5ccccc5)nc(-c5ccc6ccccc6c5)n4)c4ccccc34)c12. The summed E-state index contributed by atoms with van der Waals surface area (Å²) in [4.78, 5) is 15.1. The van der Waals surface area contributed by atoms with Crippen LogP contribution in [-0.4, -0.2) is 15.0 Å².